The smallest absolute Gasteiger partial charge is 0.200 e. The number of methoxy groups -OCH3 is 1. The first-order valence-electron chi connectivity index (χ1n) is 5.98. The van der Waals surface area contributed by atoms with E-state index >= 15 is 0 Å². The number of Topliss-reactive ketones (excluding diaryl/α,β-unsaturated/α-hetero) is 1. The highest BCUT2D eigenvalue weighted by molar-refractivity contribution is 6.04. The van der Waals surface area contributed by atoms with Crippen LogP contribution in [0.2, 0.25) is 0 Å². The second-order valence-corrected chi connectivity index (χ2v) is 4.28. The molecule has 0 amide bonds. The number of benzene rings is 1. The molecule has 0 saturated heterocycles. The number of nitrogens with zero attached hydrogens (tertiary/aromatic N) is 1. The summed E-state index contributed by atoms with van der Waals surface area (Å²) in [6.45, 7) is 1.84. The van der Waals surface area contributed by atoms with Gasteiger partial charge in [-0.3, -0.25) is 4.79 Å². The summed E-state index contributed by atoms with van der Waals surface area (Å²) in [5, 5.41) is 0. The number of hydrogen-bond donors (Lipinski definition) is 1. The molecule has 2 aromatic rings. The summed E-state index contributed by atoms with van der Waals surface area (Å²) in [5.41, 5.74) is 7.84. The molecule has 98 valence electrons. The number of pyridine rings is 1. The SMILES string of the molecule is COC(C(=O)c1c(C)ccnc1N)c1ccccc1. The highest BCUT2D eigenvalue weighted by Gasteiger charge is 2.25. The van der Waals surface area contributed by atoms with Crippen LogP contribution >= 0.6 is 0 Å². The number of anilines is 1. The van der Waals surface area contributed by atoms with Gasteiger partial charge in [0.05, 0.1) is 5.56 Å². The summed E-state index contributed by atoms with van der Waals surface area (Å²) in [4.78, 5) is 16.5. The molecule has 2 rings (SSSR count). The number of ether oxygens (including phenoxy) is 1. The first-order valence-corrected chi connectivity index (χ1v) is 5.98. The molecule has 2 N–H and O–H groups in total. The maximum atomic E-state index is 12.6. The molecule has 1 aromatic heterocycles. The summed E-state index contributed by atoms with van der Waals surface area (Å²) >= 11 is 0. The van der Waals surface area contributed by atoms with Crippen LogP contribution in [-0.2, 0) is 4.74 Å². The van der Waals surface area contributed by atoms with E-state index in [1.807, 2.05) is 37.3 Å². The van der Waals surface area contributed by atoms with E-state index in [-0.39, 0.29) is 11.6 Å². The van der Waals surface area contributed by atoms with Gasteiger partial charge in [0.15, 0.2) is 5.78 Å². The first-order chi connectivity index (χ1) is 9.15. The van der Waals surface area contributed by atoms with Gasteiger partial charge in [0.2, 0.25) is 0 Å². The zero-order valence-electron chi connectivity index (χ0n) is 11.0. The lowest BCUT2D eigenvalue weighted by molar-refractivity contribution is 0.0604. The van der Waals surface area contributed by atoms with E-state index in [1.165, 1.54) is 7.11 Å². The van der Waals surface area contributed by atoms with Gasteiger partial charge in [0, 0.05) is 13.3 Å². The fraction of sp³-hybridized carbons (Fsp3) is 0.200. The van der Waals surface area contributed by atoms with Crippen molar-refractivity contribution in [2.24, 2.45) is 0 Å². The summed E-state index contributed by atoms with van der Waals surface area (Å²) in [6, 6.07) is 11.1. The molecule has 1 atom stereocenters. The van der Waals surface area contributed by atoms with Crippen LogP contribution in [0.25, 0.3) is 0 Å². The zero-order valence-corrected chi connectivity index (χ0v) is 11.0. The minimum Gasteiger partial charge on any atom is -0.383 e. The summed E-state index contributed by atoms with van der Waals surface area (Å²) in [5.74, 6) is 0.0692. The number of aromatic nitrogens is 1. The Balaban J connectivity index is 2.42. The van der Waals surface area contributed by atoms with Crippen molar-refractivity contribution in [1.29, 1.82) is 0 Å². The fourth-order valence-corrected chi connectivity index (χ4v) is 2.05. The number of nitrogen functional groups attached to an aromatic ring is 1. The molecule has 0 spiro atoms. The van der Waals surface area contributed by atoms with Crippen molar-refractivity contribution < 1.29 is 9.53 Å². The number of rotatable bonds is 4. The van der Waals surface area contributed by atoms with Crippen molar-refractivity contribution in [1.82, 2.24) is 4.98 Å². The van der Waals surface area contributed by atoms with Crippen LogP contribution in [0.4, 0.5) is 5.82 Å². The summed E-state index contributed by atoms with van der Waals surface area (Å²) < 4.78 is 5.33. The van der Waals surface area contributed by atoms with Crippen LogP contribution in [0, 0.1) is 6.92 Å². The Morgan fingerprint density at radius 2 is 1.95 bits per heavy atom. The number of carbonyl (C=O) groups excluding carboxylic acids is 1. The van der Waals surface area contributed by atoms with Gasteiger partial charge in [-0.2, -0.15) is 0 Å². The Morgan fingerprint density at radius 1 is 1.26 bits per heavy atom. The fourth-order valence-electron chi connectivity index (χ4n) is 2.05. The number of nitrogens with two attached hydrogens (primary N) is 1. The zero-order chi connectivity index (χ0) is 13.8. The van der Waals surface area contributed by atoms with Crippen molar-refractivity contribution in [2.45, 2.75) is 13.0 Å². The Labute approximate surface area is 112 Å². The molecule has 1 heterocycles. The van der Waals surface area contributed by atoms with Crippen molar-refractivity contribution >= 4 is 11.6 Å². The lowest BCUT2D eigenvalue weighted by Gasteiger charge is -2.16. The highest BCUT2D eigenvalue weighted by Crippen LogP contribution is 2.25. The van der Waals surface area contributed by atoms with Crippen molar-refractivity contribution in [3.05, 3.63) is 59.3 Å². The minimum atomic E-state index is -0.661. The summed E-state index contributed by atoms with van der Waals surface area (Å²) in [7, 11) is 1.51. The van der Waals surface area contributed by atoms with Gasteiger partial charge in [-0.1, -0.05) is 30.3 Å². The normalized spacial score (nSPS) is 12.1. The largest absolute Gasteiger partial charge is 0.383 e. The molecular formula is C15H16N2O2. The van der Waals surface area contributed by atoms with E-state index in [4.69, 9.17) is 10.5 Å². The van der Waals surface area contributed by atoms with Gasteiger partial charge in [-0.25, -0.2) is 4.98 Å². The number of hydrogen-bond acceptors (Lipinski definition) is 4. The van der Waals surface area contributed by atoms with Crippen LogP contribution in [0.5, 0.6) is 0 Å². The van der Waals surface area contributed by atoms with Gasteiger partial charge >= 0.3 is 0 Å². The maximum absolute atomic E-state index is 12.6. The van der Waals surface area contributed by atoms with Crippen LogP contribution in [0.3, 0.4) is 0 Å². The number of ketones is 1. The molecule has 4 heteroatoms. The predicted octanol–water partition coefficient (Wildman–Crippen LogP) is 2.54. The first kappa shape index (κ1) is 13.2. The molecule has 1 aromatic carbocycles. The standard InChI is InChI=1S/C15H16N2O2/c1-10-8-9-17-15(16)12(10)13(18)14(19-2)11-6-4-3-5-7-11/h3-9,14H,1-2H3,(H2,16,17). The molecule has 1 unspecified atom stereocenters. The van der Waals surface area contributed by atoms with Crippen LogP contribution in [0.1, 0.15) is 27.6 Å². The monoisotopic (exact) mass is 256 g/mol. The number of carbonyl (C=O) groups is 1. The lowest BCUT2D eigenvalue weighted by Crippen LogP contribution is -2.18. The molecule has 0 radical (unpaired) electrons. The highest BCUT2D eigenvalue weighted by atomic mass is 16.5. The quantitative estimate of drug-likeness (QED) is 0.854. The molecule has 19 heavy (non-hydrogen) atoms. The Kier molecular flexibility index (Phi) is 3.92. The third-order valence-corrected chi connectivity index (χ3v) is 3.01. The van der Waals surface area contributed by atoms with E-state index in [2.05, 4.69) is 4.98 Å². The van der Waals surface area contributed by atoms with E-state index in [0.717, 1.165) is 11.1 Å². The molecule has 0 aliphatic rings. The molecule has 0 fully saturated rings. The molecule has 0 aliphatic heterocycles. The number of aryl methyl sites for hydroxylation is 1. The average Bonchev–Trinajstić information content (AvgIpc) is 2.40. The van der Waals surface area contributed by atoms with Gasteiger partial charge in [0.25, 0.3) is 0 Å². The Morgan fingerprint density at radius 3 is 2.53 bits per heavy atom. The van der Waals surface area contributed by atoms with Gasteiger partial charge in [-0.05, 0) is 24.1 Å². The topological polar surface area (TPSA) is 65.2 Å². The van der Waals surface area contributed by atoms with Gasteiger partial charge in [-0.15, -0.1) is 0 Å². The molecular weight excluding hydrogens is 240 g/mol. The second kappa shape index (κ2) is 5.63. The van der Waals surface area contributed by atoms with E-state index < -0.39 is 6.10 Å². The lowest BCUT2D eigenvalue weighted by atomic mass is 9.97. The molecule has 0 aliphatic carbocycles. The van der Waals surface area contributed by atoms with E-state index in [9.17, 15) is 4.79 Å². The molecule has 4 nitrogen and oxygen atoms in total. The Hall–Kier alpha value is -2.20. The van der Waals surface area contributed by atoms with Crippen molar-refractivity contribution in [3.8, 4) is 0 Å². The third kappa shape index (κ3) is 2.63. The van der Waals surface area contributed by atoms with Crippen LogP contribution in [0.15, 0.2) is 42.6 Å². The molecule has 0 saturated carbocycles. The van der Waals surface area contributed by atoms with Crippen molar-refractivity contribution in [3.63, 3.8) is 0 Å². The van der Waals surface area contributed by atoms with Gasteiger partial charge < -0.3 is 10.5 Å². The summed E-state index contributed by atoms with van der Waals surface area (Å²) in [6.07, 6.45) is 0.928. The van der Waals surface area contributed by atoms with Gasteiger partial charge in [0.1, 0.15) is 11.9 Å². The van der Waals surface area contributed by atoms with Crippen LogP contribution in [-0.4, -0.2) is 17.9 Å². The molecule has 0 bridgehead atoms. The second-order valence-electron chi connectivity index (χ2n) is 4.28. The van der Waals surface area contributed by atoms with E-state index in [1.54, 1.807) is 12.3 Å². The van der Waals surface area contributed by atoms with Crippen LogP contribution < -0.4 is 5.73 Å². The third-order valence-electron chi connectivity index (χ3n) is 3.01. The van der Waals surface area contributed by atoms with E-state index in [0.29, 0.717) is 5.56 Å². The van der Waals surface area contributed by atoms with Crippen molar-refractivity contribution in [2.75, 3.05) is 12.8 Å². The maximum Gasteiger partial charge on any atom is 0.200 e. The minimum absolute atomic E-state index is 0.170. The predicted molar refractivity (Wildman–Crippen MR) is 73.9 cm³/mol. The average molecular weight is 256 g/mol. The Bertz CT molecular complexity index is 562.